The third-order valence-corrected chi connectivity index (χ3v) is 11.7. The number of benzene rings is 2. The first-order valence-electron chi connectivity index (χ1n) is 15.1. The van der Waals surface area contributed by atoms with Crippen LogP contribution >= 0.6 is 0 Å². The SMILES string of the molecule is Cc1cccc(C2CCCC3C2CCC3C(C)(C)C2CCC3C(c4cccc(C)c4)CCCC32)c1.[CH3-].[CH3-].[CH3-].[CH3-].[Hf+4]. The van der Waals surface area contributed by atoms with Crippen molar-refractivity contribution in [3.63, 3.8) is 0 Å². The fraction of sp³-hybridized carbons (Fsp3) is 0.590. The molecule has 0 radical (unpaired) electrons. The van der Waals surface area contributed by atoms with Crippen LogP contribution in [0.4, 0.5) is 0 Å². The smallest absolute Gasteiger partial charge is 0.358 e. The second-order valence-corrected chi connectivity index (χ2v) is 13.7. The monoisotopic (exact) mass is 708 g/mol. The molecule has 0 saturated heterocycles. The van der Waals surface area contributed by atoms with Crippen LogP contribution < -0.4 is 0 Å². The maximum atomic E-state index is 2.72. The van der Waals surface area contributed by atoms with Gasteiger partial charge in [0, 0.05) is 0 Å². The number of aryl methyl sites for hydroxylation is 2. The van der Waals surface area contributed by atoms with Gasteiger partial charge in [-0.15, -0.1) is 0 Å². The van der Waals surface area contributed by atoms with Crippen molar-refractivity contribution in [2.45, 2.75) is 104 Å². The van der Waals surface area contributed by atoms with E-state index in [0.717, 1.165) is 47.3 Å². The number of hydrogen-bond acceptors (Lipinski definition) is 0. The van der Waals surface area contributed by atoms with Gasteiger partial charge in [0.1, 0.15) is 0 Å². The minimum absolute atomic E-state index is 0. The van der Waals surface area contributed by atoms with Crippen molar-refractivity contribution in [2.75, 3.05) is 0 Å². The summed E-state index contributed by atoms with van der Waals surface area (Å²) in [7, 11) is 0. The van der Waals surface area contributed by atoms with Gasteiger partial charge in [-0.2, -0.15) is 0 Å². The number of fused-ring (bicyclic) bond motifs is 2. The van der Waals surface area contributed by atoms with Crippen molar-refractivity contribution in [1.82, 2.24) is 0 Å². The summed E-state index contributed by atoms with van der Waals surface area (Å²) in [5.74, 6) is 7.26. The Balaban J connectivity index is 0.00000160. The Hall–Kier alpha value is -0.690. The van der Waals surface area contributed by atoms with Gasteiger partial charge in [-0.1, -0.05) is 86.3 Å². The summed E-state index contributed by atoms with van der Waals surface area (Å²) < 4.78 is 0. The van der Waals surface area contributed by atoms with Crippen LogP contribution in [0.1, 0.15) is 112 Å². The van der Waals surface area contributed by atoms with Crippen LogP contribution in [0.5, 0.6) is 0 Å². The van der Waals surface area contributed by atoms with Gasteiger partial charge in [0.15, 0.2) is 0 Å². The molecular formula is C39H60Hf. The molecule has 0 aromatic heterocycles. The van der Waals surface area contributed by atoms with E-state index in [4.69, 9.17) is 0 Å². The zero-order chi connectivity index (χ0) is 24.2. The van der Waals surface area contributed by atoms with Gasteiger partial charge < -0.3 is 29.7 Å². The van der Waals surface area contributed by atoms with E-state index in [2.05, 4.69) is 76.2 Å². The van der Waals surface area contributed by atoms with Crippen LogP contribution in [0, 0.1) is 84.5 Å². The Morgan fingerprint density at radius 1 is 0.525 bits per heavy atom. The Labute approximate surface area is 269 Å². The fourth-order valence-electron chi connectivity index (χ4n) is 10.4. The molecule has 2 aromatic carbocycles. The summed E-state index contributed by atoms with van der Waals surface area (Å²) in [5, 5.41) is 0. The zero-order valence-corrected chi connectivity index (χ0v) is 30.9. The van der Waals surface area contributed by atoms with Gasteiger partial charge in [-0.05, 0) is 129 Å². The second-order valence-electron chi connectivity index (χ2n) is 13.7. The first-order chi connectivity index (χ1) is 16.9. The normalized spacial score (nSPS) is 32.5. The number of hydrogen-bond donors (Lipinski definition) is 0. The molecule has 1 heteroatoms. The van der Waals surface area contributed by atoms with Gasteiger partial charge in [0.05, 0.1) is 0 Å². The standard InChI is InChI=1S/C35H48.4CH3.Hf/c1-23-9-5-11-25(21-23)27-13-7-15-31-29(27)17-19-33(31)35(3,4)34-20-18-30-28(14-8-16-32(30)34)26-12-6-10-24(2)22-26;;;;;/h5-6,9-12,21-22,27-34H,7-8,13-20H2,1-4H3;4*1H3;/q;4*-1;+4. The topological polar surface area (TPSA) is 0 Å². The molecule has 0 aliphatic heterocycles. The van der Waals surface area contributed by atoms with E-state index >= 15 is 0 Å². The maximum absolute atomic E-state index is 2.72. The molecule has 0 spiro atoms. The van der Waals surface area contributed by atoms with Gasteiger partial charge >= 0.3 is 25.8 Å². The van der Waals surface area contributed by atoms with Crippen molar-refractivity contribution in [3.8, 4) is 0 Å². The summed E-state index contributed by atoms with van der Waals surface area (Å²) in [6, 6.07) is 19.0. The maximum Gasteiger partial charge on any atom is 4.00 e. The van der Waals surface area contributed by atoms with Crippen molar-refractivity contribution >= 4 is 0 Å². The quantitative estimate of drug-likeness (QED) is 0.219. The zero-order valence-electron chi connectivity index (χ0n) is 27.3. The predicted molar refractivity (Wildman–Crippen MR) is 174 cm³/mol. The minimum Gasteiger partial charge on any atom is -0.358 e. The molecule has 0 N–H and O–H groups in total. The molecule has 0 amide bonds. The molecule has 0 nitrogen and oxygen atoms in total. The summed E-state index contributed by atoms with van der Waals surface area (Å²) in [6.45, 7) is 9.99. The third-order valence-electron chi connectivity index (χ3n) is 11.7. The first kappa shape index (κ1) is 37.3. The molecule has 6 rings (SSSR count). The summed E-state index contributed by atoms with van der Waals surface area (Å²) in [4.78, 5) is 0. The van der Waals surface area contributed by atoms with Crippen LogP contribution in [0.2, 0.25) is 0 Å². The molecule has 4 fully saturated rings. The fourth-order valence-corrected chi connectivity index (χ4v) is 10.4. The predicted octanol–water partition coefficient (Wildman–Crippen LogP) is 11.6. The van der Waals surface area contributed by atoms with Crippen molar-refractivity contribution in [1.29, 1.82) is 0 Å². The van der Waals surface area contributed by atoms with Gasteiger partial charge in [-0.3, -0.25) is 0 Å². The van der Waals surface area contributed by atoms with E-state index < -0.39 is 0 Å². The average Bonchev–Trinajstić information content (AvgIpc) is 3.49. The average molecular weight is 707 g/mol. The van der Waals surface area contributed by atoms with Crippen molar-refractivity contribution in [2.24, 2.45) is 40.9 Å². The Morgan fingerprint density at radius 2 is 0.925 bits per heavy atom. The molecule has 4 aliphatic carbocycles. The molecular weight excluding hydrogens is 647 g/mol. The molecule has 4 saturated carbocycles. The van der Waals surface area contributed by atoms with Crippen molar-refractivity contribution in [3.05, 3.63) is 100 Å². The minimum atomic E-state index is 0. The van der Waals surface area contributed by atoms with E-state index in [1.165, 1.54) is 75.3 Å². The summed E-state index contributed by atoms with van der Waals surface area (Å²) >= 11 is 0. The molecule has 0 heterocycles. The van der Waals surface area contributed by atoms with E-state index in [1.807, 2.05) is 0 Å². The van der Waals surface area contributed by atoms with Crippen LogP contribution in [0.15, 0.2) is 48.5 Å². The summed E-state index contributed by atoms with van der Waals surface area (Å²) in [6.07, 6.45) is 14.6. The molecule has 8 atom stereocenters. The van der Waals surface area contributed by atoms with Gasteiger partial charge in [-0.25, -0.2) is 0 Å². The van der Waals surface area contributed by atoms with Crippen LogP contribution in [0.25, 0.3) is 0 Å². The van der Waals surface area contributed by atoms with Crippen LogP contribution in [0.3, 0.4) is 0 Å². The Kier molecular flexibility index (Phi) is 14.2. The van der Waals surface area contributed by atoms with Crippen LogP contribution in [-0.4, -0.2) is 0 Å². The van der Waals surface area contributed by atoms with E-state index in [9.17, 15) is 0 Å². The molecule has 40 heavy (non-hydrogen) atoms. The van der Waals surface area contributed by atoms with Crippen molar-refractivity contribution < 1.29 is 25.8 Å². The van der Waals surface area contributed by atoms with Gasteiger partial charge in [0.25, 0.3) is 0 Å². The molecule has 8 unspecified atom stereocenters. The molecule has 0 bridgehead atoms. The Morgan fingerprint density at radius 3 is 1.30 bits per heavy atom. The van der Waals surface area contributed by atoms with E-state index in [0.29, 0.717) is 5.41 Å². The van der Waals surface area contributed by atoms with Gasteiger partial charge in [0.2, 0.25) is 0 Å². The third kappa shape index (κ3) is 6.76. The summed E-state index contributed by atoms with van der Waals surface area (Å²) in [5.41, 5.74) is 6.66. The Bertz CT molecular complexity index is 955. The molecule has 220 valence electrons. The number of rotatable bonds is 4. The molecule has 2 aromatic rings. The first-order valence-corrected chi connectivity index (χ1v) is 15.1. The largest absolute Gasteiger partial charge is 4.00 e. The molecule has 4 aliphatic rings. The van der Waals surface area contributed by atoms with E-state index in [-0.39, 0.29) is 55.5 Å². The second kappa shape index (κ2) is 15.2. The van der Waals surface area contributed by atoms with Crippen LogP contribution in [-0.2, 0) is 25.8 Å². The van der Waals surface area contributed by atoms with E-state index in [1.54, 1.807) is 11.1 Å².